The van der Waals surface area contributed by atoms with Crippen LogP contribution in [0.4, 0.5) is 0 Å². The first-order chi connectivity index (χ1) is 9.19. The zero-order valence-electron chi connectivity index (χ0n) is 10.6. The minimum atomic E-state index is 0.422. The Hall–Kier alpha value is -1.99. The number of hydrogen-bond acceptors (Lipinski definition) is 3. The standard InChI is InChI=1S/C14H14ClN3O/c1-11-14(15)10-18(17-11)8-9-19-13-4-2-12(3-5-13)6-7-16/h2-5,10H,6,8-9H2,1H3. The molecule has 0 spiro atoms. The van der Waals surface area contributed by atoms with E-state index in [1.54, 1.807) is 10.9 Å². The maximum Gasteiger partial charge on any atom is 0.119 e. The lowest BCUT2D eigenvalue weighted by Crippen LogP contribution is -2.08. The van der Waals surface area contributed by atoms with Crippen LogP contribution in [0.3, 0.4) is 0 Å². The summed E-state index contributed by atoms with van der Waals surface area (Å²) >= 11 is 5.92. The Kier molecular flexibility index (Phi) is 4.43. The minimum Gasteiger partial charge on any atom is -0.492 e. The molecule has 1 aromatic heterocycles. The highest BCUT2D eigenvalue weighted by atomic mass is 35.5. The zero-order chi connectivity index (χ0) is 13.7. The first-order valence-corrected chi connectivity index (χ1v) is 6.35. The van der Waals surface area contributed by atoms with Crippen molar-refractivity contribution in [1.29, 1.82) is 5.26 Å². The number of ether oxygens (including phenoxy) is 1. The summed E-state index contributed by atoms with van der Waals surface area (Å²) in [4.78, 5) is 0. The molecule has 4 nitrogen and oxygen atoms in total. The van der Waals surface area contributed by atoms with Gasteiger partial charge in [-0.1, -0.05) is 23.7 Å². The van der Waals surface area contributed by atoms with Crippen LogP contribution in [0, 0.1) is 18.3 Å². The molecule has 19 heavy (non-hydrogen) atoms. The van der Waals surface area contributed by atoms with Crippen LogP contribution in [-0.4, -0.2) is 16.4 Å². The van der Waals surface area contributed by atoms with Crippen molar-refractivity contribution in [3.05, 3.63) is 46.7 Å². The van der Waals surface area contributed by atoms with Gasteiger partial charge in [-0.25, -0.2) is 0 Å². The van der Waals surface area contributed by atoms with E-state index in [2.05, 4.69) is 11.2 Å². The molecule has 2 aromatic rings. The second kappa shape index (κ2) is 6.26. The molecule has 0 unspecified atom stereocenters. The fraction of sp³-hybridized carbons (Fsp3) is 0.286. The predicted molar refractivity (Wildman–Crippen MR) is 73.2 cm³/mol. The van der Waals surface area contributed by atoms with Gasteiger partial charge in [0.05, 0.1) is 29.8 Å². The number of aryl methyl sites for hydroxylation is 1. The van der Waals surface area contributed by atoms with Crippen molar-refractivity contribution in [2.45, 2.75) is 19.9 Å². The van der Waals surface area contributed by atoms with Crippen LogP contribution < -0.4 is 4.74 Å². The first kappa shape index (κ1) is 13.4. The summed E-state index contributed by atoms with van der Waals surface area (Å²) in [6.45, 7) is 3.04. The number of benzene rings is 1. The molecule has 5 heteroatoms. The Morgan fingerprint density at radius 1 is 1.37 bits per heavy atom. The summed E-state index contributed by atoms with van der Waals surface area (Å²) in [5.74, 6) is 0.789. The van der Waals surface area contributed by atoms with Gasteiger partial charge in [0.2, 0.25) is 0 Å². The van der Waals surface area contributed by atoms with Crippen molar-refractivity contribution < 1.29 is 4.74 Å². The second-order valence-corrected chi connectivity index (χ2v) is 4.56. The van der Waals surface area contributed by atoms with Crippen LogP contribution in [0.15, 0.2) is 30.5 Å². The van der Waals surface area contributed by atoms with Crippen molar-refractivity contribution in [1.82, 2.24) is 9.78 Å². The van der Waals surface area contributed by atoms with Gasteiger partial charge < -0.3 is 4.74 Å². The van der Waals surface area contributed by atoms with Crippen molar-refractivity contribution >= 4 is 11.6 Å². The molecule has 0 radical (unpaired) electrons. The number of nitrogens with zero attached hydrogens (tertiary/aromatic N) is 3. The molecule has 98 valence electrons. The van der Waals surface area contributed by atoms with Gasteiger partial charge in [-0.3, -0.25) is 4.68 Å². The molecule has 0 saturated carbocycles. The SMILES string of the molecule is Cc1nn(CCOc2ccc(CC#N)cc2)cc1Cl. The number of halogens is 1. The fourth-order valence-electron chi connectivity index (χ4n) is 1.66. The lowest BCUT2D eigenvalue weighted by molar-refractivity contribution is 0.291. The highest BCUT2D eigenvalue weighted by molar-refractivity contribution is 6.31. The average molecular weight is 276 g/mol. The van der Waals surface area contributed by atoms with Crippen LogP contribution in [0.2, 0.25) is 5.02 Å². The van der Waals surface area contributed by atoms with Gasteiger partial charge in [-0.2, -0.15) is 10.4 Å². The zero-order valence-corrected chi connectivity index (χ0v) is 11.4. The van der Waals surface area contributed by atoms with E-state index >= 15 is 0 Å². The molecular weight excluding hydrogens is 262 g/mol. The monoisotopic (exact) mass is 275 g/mol. The van der Waals surface area contributed by atoms with Gasteiger partial charge in [0.25, 0.3) is 0 Å². The van der Waals surface area contributed by atoms with E-state index in [4.69, 9.17) is 21.6 Å². The Bertz CT molecular complexity index is 564. The molecular formula is C14H14ClN3O. The third-order valence-corrected chi connectivity index (χ3v) is 3.05. The van der Waals surface area contributed by atoms with Crippen molar-refractivity contribution in [2.24, 2.45) is 0 Å². The van der Waals surface area contributed by atoms with Gasteiger partial charge in [-0.15, -0.1) is 0 Å². The van der Waals surface area contributed by atoms with Gasteiger partial charge in [0.1, 0.15) is 12.4 Å². The Labute approximate surface area is 117 Å². The topological polar surface area (TPSA) is 50.8 Å². The second-order valence-electron chi connectivity index (χ2n) is 4.15. The number of hydrogen-bond donors (Lipinski definition) is 0. The predicted octanol–water partition coefficient (Wildman–Crippen LogP) is 2.99. The lowest BCUT2D eigenvalue weighted by atomic mass is 10.2. The lowest BCUT2D eigenvalue weighted by Gasteiger charge is -2.06. The minimum absolute atomic E-state index is 0.422. The molecule has 0 saturated heterocycles. The summed E-state index contributed by atoms with van der Waals surface area (Å²) in [5, 5.41) is 13.5. The smallest absolute Gasteiger partial charge is 0.119 e. The van der Waals surface area contributed by atoms with E-state index < -0.39 is 0 Å². The van der Waals surface area contributed by atoms with E-state index in [0.717, 1.165) is 17.0 Å². The Morgan fingerprint density at radius 3 is 2.68 bits per heavy atom. The van der Waals surface area contributed by atoms with E-state index in [9.17, 15) is 0 Å². The van der Waals surface area contributed by atoms with Crippen LogP contribution in [0.5, 0.6) is 5.75 Å². The fourth-order valence-corrected chi connectivity index (χ4v) is 1.81. The van der Waals surface area contributed by atoms with Gasteiger partial charge in [0.15, 0.2) is 0 Å². The highest BCUT2D eigenvalue weighted by Crippen LogP contribution is 2.14. The van der Waals surface area contributed by atoms with Crippen LogP contribution in [0.25, 0.3) is 0 Å². The third-order valence-electron chi connectivity index (χ3n) is 2.68. The Balaban J connectivity index is 1.84. The number of aromatic nitrogens is 2. The van der Waals surface area contributed by atoms with Crippen LogP contribution in [0.1, 0.15) is 11.3 Å². The highest BCUT2D eigenvalue weighted by Gasteiger charge is 2.01. The molecule has 2 rings (SSSR count). The van der Waals surface area contributed by atoms with Crippen molar-refractivity contribution in [2.75, 3.05) is 6.61 Å². The van der Waals surface area contributed by atoms with Crippen LogP contribution >= 0.6 is 11.6 Å². The molecule has 0 bridgehead atoms. The van der Waals surface area contributed by atoms with E-state index in [0.29, 0.717) is 24.6 Å². The van der Waals surface area contributed by atoms with Crippen molar-refractivity contribution in [3.8, 4) is 11.8 Å². The quantitative estimate of drug-likeness (QED) is 0.843. The van der Waals surface area contributed by atoms with Gasteiger partial charge in [-0.05, 0) is 24.6 Å². The van der Waals surface area contributed by atoms with E-state index in [1.807, 2.05) is 31.2 Å². The van der Waals surface area contributed by atoms with Crippen molar-refractivity contribution in [3.63, 3.8) is 0 Å². The Morgan fingerprint density at radius 2 is 2.11 bits per heavy atom. The largest absolute Gasteiger partial charge is 0.492 e. The molecule has 0 amide bonds. The van der Waals surface area contributed by atoms with E-state index in [1.165, 1.54) is 0 Å². The number of rotatable bonds is 5. The summed E-state index contributed by atoms with van der Waals surface area (Å²) in [7, 11) is 0. The average Bonchev–Trinajstić information content (AvgIpc) is 2.71. The molecule has 0 aliphatic rings. The molecule has 1 heterocycles. The molecule has 1 aromatic carbocycles. The normalized spacial score (nSPS) is 10.2. The first-order valence-electron chi connectivity index (χ1n) is 5.97. The van der Waals surface area contributed by atoms with E-state index in [-0.39, 0.29) is 0 Å². The summed E-state index contributed by atoms with van der Waals surface area (Å²) in [5.41, 5.74) is 1.81. The van der Waals surface area contributed by atoms with Gasteiger partial charge in [0, 0.05) is 6.20 Å². The van der Waals surface area contributed by atoms with Gasteiger partial charge >= 0.3 is 0 Å². The number of nitriles is 1. The maximum atomic E-state index is 8.58. The molecule has 0 aliphatic heterocycles. The molecule has 0 fully saturated rings. The summed E-state index contributed by atoms with van der Waals surface area (Å²) < 4.78 is 7.37. The maximum absolute atomic E-state index is 8.58. The molecule has 0 aliphatic carbocycles. The molecule has 0 N–H and O–H groups in total. The van der Waals surface area contributed by atoms with Crippen LogP contribution in [-0.2, 0) is 13.0 Å². The summed E-state index contributed by atoms with van der Waals surface area (Å²) in [6, 6.07) is 9.64. The summed E-state index contributed by atoms with van der Waals surface area (Å²) in [6.07, 6.45) is 2.21. The third kappa shape index (κ3) is 3.73. The molecule has 0 atom stereocenters.